The number of hydrogen-bond donors (Lipinski definition) is 1. The van der Waals surface area contributed by atoms with Crippen molar-refractivity contribution in [1.29, 1.82) is 0 Å². The molecule has 5 nitrogen and oxygen atoms in total. The minimum absolute atomic E-state index is 0.0799. The third-order valence-electron chi connectivity index (χ3n) is 3.40. The van der Waals surface area contributed by atoms with Gasteiger partial charge in [0.25, 0.3) is 5.56 Å². The van der Waals surface area contributed by atoms with Crippen LogP contribution >= 0.6 is 11.3 Å². The van der Waals surface area contributed by atoms with Crippen LogP contribution in [0.1, 0.15) is 17.8 Å². The molecule has 3 rings (SSSR count). The average molecular weight is 313 g/mol. The fourth-order valence-corrected chi connectivity index (χ4v) is 3.01. The summed E-state index contributed by atoms with van der Waals surface area (Å²) in [6.45, 7) is 1.83. The highest BCUT2D eigenvalue weighted by Crippen LogP contribution is 2.17. The second kappa shape index (κ2) is 6.11. The molecular formula is C16H15N3O2S. The van der Waals surface area contributed by atoms with Crippen LogP contribution in [0.4, 0.5) is 0 Å². The summed E-state index contributed by atoms with van der Waals surface area (Å²) in [6.07, 6.45) is 1.60. The Morgan fingerprint density at radius 1 is 1.32 bits per heavy atom. The van der Waals surface area contributed by atoms with Gasteiger partial charge >= 0.3 is 0 Å². The zero-order valence-corrected chi connectivity index (χ0v) is 12.8. The molecule has 3 aromatic rings. The first kappa shape index (κ1) is 14.5. The van der Waals surface area contributed by atoms with Gasteiger partial charge in [-0.2, -0.15) is 5.10 Å². The predicted octanol–water partition coefficient (Wildman–Crippen LogP) is 2.34. The molecule has 0 unspecified atom stereocenters. The number of thiophene rings is 1. The number of fused-ring (bicyclic) bond motifs is 1. The maximum absolute atomic E-state index is 12.3. The van der Waals surface area contributed by atoms with Gasteiger partial charge in [-0.05, 0) is 24.4 Å². The van der Waals surface area contributed by atoms with E-state index in [1.165, 1.54) is 4.68 Å². The van der Waals surface area contributed by atoms with Crippen LogP contribution in [-0.4, -0.2) is 15.7 Å². The van der Waals surface area contributed by atoms with Crippen molar-refractivity contribution in [3.8, 4) is 0 Å². The van der Waals surface area contributed by atoms with Crippen molar-refractivity contribution in [2.45, 2.75) is 19.5 Å². The van der Waals surface area contributed by atoms with E-state index in [1.54, 1.807) is 29.7 Å². The average Bonchev–Trinajstić information content (AvgIpc) is 3.05. The van der Waals surface area contributed by atoms with Gasteiger partial charge in [-0.3, -0.25) is 9.59 Å². The largest absolute Gasteiger partial charge is 0.347 e. The summed E-state index contributed by atoms with van der Waals surface area (Å²) < 4.78 is 1.19. The van der Waals surface area contributed by atoms with E-state index in [4.69, 9.17) is 0 Å². The second-order valence-electron chi connectivity index (χ2n) is 5.00. The Balaban J connectivity index is 1.77. The molecule has 1 atom stereocenters. The number of hydrogen-bond acceptors (Lipinski definition) is 4. The molecule has 2 heterocycles. The molecule has 0 bridgehead atoms. The van der Waals surface area contributed by atoms with Gasteiger partial charge < -0.3 is 5.32 Å². The maximum Gasteiger partial charge on any atom is 0.275 e. The first-order valence-corrected chi connectivity index (χ1v) is 7.81. The molecule has 6 heteroatoms. The van der Waals surface area contributed by atoms with Crippen LogP contribution < -0.4 is 10.9 Å². The summed E-state index contributed by atoms with van der Waals surface area (Å²) in [6, 6.07) is 11.0. The molecule has 1 amide bonds. The van der Waals surface area contributed by atoms with Crippen LogP contribution in [0.2, 0.25) is 0 Å². The van der Waals surface area contributed by atoms with Gasteiger partial charge in [-0.1, -0.05) is 24.3 Å². The standard InChI is InChI=1S/C16H15N3O2S/c1-11(14-7-4-8-22-14)18-15(20)10-19-16(21)13-6-3-2-5-12(13)9-17-19/h2-9,11H,10H2,1H3,(H,18,20)/t11-/m0/s1. The minimum Gasteiger partial charge on any atom is -0.347 e. The molecule has 0 saturated carbocycles. The van der Waals surface area contributed by atoms with Gasteiger partial charge in [0.1, 0.15) is 6.54 Å². The first-order valence-electron chi connectivity index (χ1n) is 6.93. The van der Waals surface area contributed by atoms with Gasteiger partial charge in [0.05, 0.1) is 17.6 Å². The van der Waals surface area contributed by atoms with Gasteiger partial charge in [-0.25, -0.2) is 4.68 Å². The topological polar surface area (TPSA) is 64.0 Å². The monoisotopic (exact) mass is 313 g/mol. The SMILES string of the molecule is C[C@H](NC(=O)Cn1ncc2ccccc2c1=O)c1cccs1. The molecule has 0 aliphatic carbocycles. The van der Waals surface area contributed by atoms with E-state index in [-0.39, 0.29) is 24.1 Å². The number of amides is 1. The summed E-state index contributed by atoms with van der Waals surface area (Å²) in [5.74, 6) is -0.231. The maximum atomic E-state index is 12.3. The van der Waals surface area contributed by atoms with E-state index >= 15 is 0 Å². The first-order chi connectivity index (χ1) is 10.6. The number of rotatable bonds is 4. The van der Waals surface area contributed by atoms with Crippen molar-refractivity contribution >= 4 is 28.0 Å². The summed E-state index contributed by atoms with van der Waals surface area (Å²) in [5.41, 5.74) is -0.253. The Bertz CT molecular complexity index is 855. The predicted molar refractivity (Wildman–Crippen MR) is 86.9 cm³/mol. The normalized spacial score (nSPS) is 12.2. The van der Waals surface area contributed by atoms with E-state index < -0.39 is 0 Å². The Hall–Kier alpha value is -2.47. The highest BCUT2D eigenvalue weighted by molar-refractivity contribution is 7.10. The molecule has 112 valence electrons. The van der Waals surface area contributed by atoms with Crippen molar-refractivity contribution < 1.29 is 4.79 Å². The van der Waals surface area contributed by atoms with Crippen molar-refractivity contribution in [2.24, 2.45) is 0 Å². The molecule has 1 aromatic carbocycles. The van der Waals surface area contributed by atoms with Crippen molar-refractivity contribution in [2.75, 3.05) is 0 Å². The van der Waals surface area contributed by atoms with Gasteiger partial charge in [0, 0.05) is 10.3 Å². The molecule has 0 radical (unpaired) electrons. The summed E-state index contributed by atoms with van der Waals surface area (Å²) >= 11 is 1.59. The number of nitrogens with one attached hydrogen (secondary N) is 1. The molecule has 0 aliphatic heterocycles. The van der Waals surface area contributed by atoms with Crippen LogP contribution in [0.15, 0.2) is 52.8 Å². The fraction of sp³-hybridized carbons (Fsp3) is 0.188. The molecule has 0 fully saturated rings. The molecule has 0 spiro atoms. The number of benzene rings is 1. The lowest BCUT2D eigenvalue weighted by Crippen LogP contribution is -2.34. The van der Waals surface area contributed by atoms with Gasteiger partial charge in [0.15, 0.2) is 0 Å². The number of aromatic nitrogens is 2. The third-order valence-corrected chi connectivity index (χ3v) is 4.46. The number of nitrogens with zero attached hydrogens (tertiary/aromatic N) is 2. The highest BCUT2D eigenvalue weighted by Gasteiger charge is 2.12. The van der Waals surface area contributed by atoms with Gasteiger partial charge in [0.2, 0.25) is 5.91 Å². The van der Waals surface area contributed by atoms with Crippen LogP contribution in [0.25, 0.3) is 10.8 Å². The minimum atomic E-state index is -0.253. The Morgan fingerprint density at radius 3 is 2.91 bits per heavy atom. The van der Waals surface area contributed by atoms with E-state index in [0.717, 1.165) is 10.3 Å². The molecule has 22 heavy (non-hydrogen) atoms. The van der Waals surface area contributed by atoms with Crippen LogP contribution in [0.5, 0.6) is 0 Å². The van der Waals surface area contributed by atoms with E-state index in [1.807, 2.05) is 36.6 Å². The van der Waals surface area contributed by atoms with Crippen molar-refractivity contribution in [1.82, 2.24) is 15.1 Å². The second-order valence-corrected chi connectivity index (χ2v) is 5.98. The summed E-state index contributed by atoms with van der Waals surface area (Å²) in [7, 11) is 0. The molecule has 0 aliphatic rings. The number of carbonyl (C=O) groups excluding carboxylic acids is 1. The summed E-state index contributed by atoms with van der Waals surface area (Å²) in [4.78, 5) is 25.5. The lowest BCUT2D eigenvalue weighted by Gasteiger charge is -2.12. The van der Waals surface area contributed by atoms with E-state index in [0.29, 0.717) is 5.39 Å². The van der Waals surface area contributed by atoms with E-state index in [9.17, 15) is 9.59 Å². The lowest BCUT2D eigenvalue weighted by molar-refractivity contribution is -0.122. The third kappa shape index (κ3) is 2.92. The molecule has 1 N–H and O–H groups in total. The Kier molecular flexibility index (Phi) is 4.02. The summed E-state index contributed by atoms with van der Waals surface area (Å²) in [5, 5.41) is 10.2. The molecule has 0 saturated heterocycles. The van der Waals surface area contributed by atoms with Crippen LogP contribution in [0, 0.1) is 0 Å². The van der Waals surface area contributed by atoms with Crippen molar-refractivity contribution in [3.05, 3.63) is 63.2 Å². The fourth-order valence-electron chi connectivity index (χ4n) is 2.27. The lowest BCUT2D eigenvalue weighted by atomic mass is 10.2. The quantitative estimate of drug-likeness (QED) is 0.804. The van der Waals surface area contributed by atoms with E-state index in [2.05, 4.69) is 10.4 Å². The smallest absolute Gasteiger partial charge is 0.275 e. The van der Waals surface area contributed by atoms with Gasteiger partial charge in [-0.15, -0.1) is 11.3 Å². The van der Waals surface area contributed by atoms with Crippen LogP contribution in [0.3, 0.4) is 0 Å². The Morgan fingerprint density at radius 2 is 2.14 bits per heavy atom. The Labute approximate surface area is 131 Å². The zero-order valence-electron chi connectivity index (χ0n) is 12.0. The van der Waals surface area contributed by atoms with Crippen LogP contribution in [-0.2, 0) is 11.3 Å². The van der Waals surface area contributed by atoms with Crippen molar-refractivity contribution in [3.63, 3.8) is 0 Å². The molecular weight excluding hydrogens is 298 g/mol. The number of carbonyl (C=O) groups is 1. The highest BCUT2D eigenvalue weighted by atomic mass is 32.1. The molecule has 2 aromatic heterocycles. The zero-order chi connectivity index (χ0) is 15.5.